The van der Waals surface area contributed by atoms with Crippen LogP contribution in [0.4, 0.5) is 8.78 Å². The van der Waals surface area contributed by atoms with Crippen molar-refractivity contribution in [3.05, 3.63) is 35.4 Å². The van der Waals surface area contributed by atoms with Crippen LogP contribution in [0.3, 0.4) is 0 Å². The first-order chi connectivity index (χ1) is 13.0. The van der Waals surface area contributed by atoms with Gasteiger partial charge in [0.05, 0.1) is 0 Å². The molecule has 0 spiro atoms. The first-order valence-corrected chi connectivity index (χ1v) is 11.5. The van der Waals surface area contributed by atoms with Gasteiger partial charge in [-0.25, -0.2) is 8.78 Å². The van der Waals surface area contributed by atoms with Crippen LogP contribution in [0.5, 0.6) is 0 Å². The summed E-state index contributed by atoms with van der Waals surface area (Å²) in [4.78, 5) is 0. The van der Waals surface area contributed by atoms with Crippen LogP contribution < -0.4 is 0 Å². The number of hydrogen-bond donors (Lipinski definition) is 0. The minimum absolute atomic E-state index is 0.343. The summed E-state index contributed by atoms with van der Waals surface area (Å²) in [7, 11) is 0. The average Bonchev–Trinajstić information content (AvgIpc) is 2.66. The van der Waals surface area contributed by atoms with Crippen molar-refractivity contribution in [3.8, 4) is 0 Å². The first-order valence-electron chi connectivity index (χ1n) is 11.5. The smallest absolute Gasteiger partial charge is 0.126 e. The molecule has 2 saturated carbocycles. The Labute approximate surface area is 165 Å². The van der Waals surface area contributed by atoms with Crippen LogP contribution in [-0.2, 0) is 0 Å². The van der Waals surface area contributed by atoms with Gasteiger partial charge < -0.3 is 0 Å². The van der Waals surface area contributed by atoms with Gasteiger partial charge in [-0.2, -0.15) is 0 Å². The summed E-state index contributed by atoms with van der Waals surface area (Å²) in [5.74, 6) is 3.05. The third-order valence-electron chi connectivity index (χ3n) is 7.57. The Bertz CT molecular complexity index is 545. The molecule has 2 aliphatic carbocycles. The SMILES string of the molecule is CCCCC1CCC(C(C)CC2CCC(c3cc(F)cc(F)c3)CC2)CC1. The van der Waals surface area contributed by atoms with Crippen molar-refractivity contribution in [3.63, 3.8) is 0 Å². The van der Waals surface area contributed by atoms with Gasteiger partial charge in [-0.3, -0.25) is 0 Å². The largest absolute Gasteiger partial charge is 0.207 e. The molecule has 3 rings (SSSR count). The van der Waals surface area contributed by atoms with E-state index in [1.54, 1.807) is 0 Å². The van der Waals surface area contributed by atoms with Crippen molar-refractivity contribution < 1.29 is 8.78 Å². The molecule has 0 saturated heterocycles. The molecule has 0 radical (unpaired) electrons. The van der Waals surface area contributed by atoms with Crippen molar-refractivity contribution in [2.45, 2.75) is 96.8 Å². The minimum atomic E-state index is -0.435. The Morgan fingerprint density at radius 2 is 1.44 bits per heavy atom. The van der Waals surface area contributed by atoms with Crippen LogP contribution in [-0.4, -0.2) is 0 Å². The monoisotopic (exact) mass is 376 g/mol. The molecule has 0 amide bonds. The van der Waals surface area contributed by atoms with Crippen LogP contribution in [0.15, 0.2) is 18.2 Å². The quantitative estimate of drug-likeness (QED) is 0.449. The Balaban J connectivity index is 1.41. The maximum absolute atomic E-state index is 13.5. The normalized spacial score (nSPS) is 30.2. The maximum Gasteiger partial charge on any atom is 0.126 e. The second-order valence-corrected chi connectivity index (χ2v) is 9.56. The molecule has 27 heavy (non-hydrogen) atoms. The zero-order valence-corrected chi connectivity index (χ0v) is 17.4. The van der Waals surface area contributed by atoms with Crippen LogP contribution in [0.1, 0.15) is 102 Å². The summed E-state index contributed by atoms with van der Waals surface area (Å²) in [6, 6.07) is 4.05. The van der Waals surface area contributed by atoms with E-state index >= 15 is 0 Å². The van der Waals surface area contributed by atoms with Crippen LogP contribution in [0, 0.1) is 35.3 Å². The van der Waals surface area contributed by atoms with Crippen LogP contribution in [0.2, 0.25) is 0 Å². The molecule has 0 bridgehead atoms. The highest BCUT2D eigenvalue weighted by molar-refractivity contribution is 5.22. The van der Waals surface area contributed by atoms with E-state index in [0.717, 1.165) is 48.1 Å². The van der Waals surface area contributed by atoms with E-state index in [2.05, 4.69) is 13.8 Å². The predicted octanol–water partition coefficient (Wildman–Crippen LogP) is 8.26. The fourth-order valence-electron chi connectivity index (χ4n) is 5.80. The van der Waals surface area contributed by atoms with Crippen molar-refractivity contribution in [1.82, 2.24) is 0 Å². The molecule has 2 fully saturated rings. The van der Waals surface area contributed by atoms with Gasteiger partial charge in [0.2, 0.25) is 0 Å². The van der Waals surface area contributed by atoms with Crippen molar-refractivity contribution in [1.29, 1.82) is 0 Å². The Morgan fingerprint density at radius 3 is 2.04 bits per heavy atom. The van der Waals surface area contributed by atoms with Gasteiger partial charge in [0.25, 0.3) is 0 Å². The molecule has 0 aliphatic heterocycles. The van der Waals surface area contributed by atoms with Gasteiger partial charge in [-0.15, -0.1) is 0 Å². The van der Waals surface area contributed by atoms with Crippen molar-refractivity contribution in [2.75, 3.05) is 0 Å². The zero-order valence-electron chi connectivity index (χ0n) is 17.4. The van der Waals surface area contributed by atoms with E-state index in [-0.39, 0.29) is 0 Å². The Kier molecular flexibility index (Phi) is 7.73. The number of unbranched alkanes of at least 4 members (excludes halogenated alkanes) is 1. The summed E-state index contributed by atoms with van der Waals surface area (Å²) in [5, 5.41) is 0. The highest BCUT2D eigenvalue weighted by Gasteiger charge is 2.29. The highest BCUT2D eigenvalue weighted by atomic mass is 19.1. The van der Waals surface area contributed by atoms with Crippen LogP contribution >= 0.6 is 0 Å². The molecule has 1 atom stereocenters. The lowest BCUT2D eigenvalue weighted by molar-refractivity contribution is 0.169. The molecule has 152 valence electrons. The van der Waals surface area contributed by atoms with E-state index in [4.69, 9.17) is 0 Å². The fourth-order valence-corrected chi connectivity index (χ4v) is 5.80. The molecule has 0 N–H and O–H groups in total. The Morgan fingerprint density at radius 1 is 0.852 bits per heavy atom. The zero-order chi connectivity index (χ0) is 19.2. The molecule has 1 aromatic rings. The van der Waals surface area contributed by atoms with Gasteiger partial charge in [-0.1, -0.05) is 46.0 Å². The van der Waals surface area contributed by atoms with Gasteiger partial charge in [0, 0.05) is 6.07 Å². The van der Waals surface area contributed by atoms with E-state index in [1.807, 2.05) is 0 Å². The number of hydrogen-bond acceptors (Lipinski definition) is 0. The molecule has 1 aromatic carbocycles. The summed E-state index contributed by atoms with van der Waals surface area (Å²) in [6.07, 6.45) is 15.9. The lowest BCUT2D eigenvalue weighted by Gasteiger charge is -2.36. The molecule has 0 aromatic heterocycles. The Hall–Kier alpha value is -0.920. The summed E-state index contributed by atoms with van der Waals surface area (Å²) in [5.41, 5.74) is 0.865. The molecule has 0 nitrogen and oxygen atoms in total. The lowest BCUT2D eigenvalue weighted by atomic mass is 9.70. The second-order valence-electron chi connectivity index (χ2n) is 9.56. The molecular weight excluding hydrogens is 338 g/mol. The molecule has 2 heteroatoms. The first kappa shape index (κ1) is 20.8. The van der Waals surface area contributed by atoms with Gasteiger partial charge >= 0.3 is 0 Å². The lowest BCUT2D eigenvalue weighted by Crippen LogP contribution is -2.23. The maximum atomic E-state index is 13.5. The number of halogens is 2. The van der Waals surface area contributed by atoms with E-state index in [0.29, 0.717) is 5.92 Å². The van der Waals surface area contributed by atoms with Crippen molar-refractivity contribution in [2.24, 2.45) is 23.7 Å². The van der Waals surface area contributed by atoms with Crippen LogP contribution in [0.25, 0.3) is 0 Å². The standard InChI is InChI=1S/C25H38F2/c1-3-4-5-19-6-10-21(11-7-19)18(2)14-20-8-12-22(13-9-20)23-15-24(26)17-25(27)16-23/h15-22H,3-14H2,1-2H3. The number of benzene rings is 1. The van der Waals surface area contributed by atoms with E-state index < -0.39 is 11.6 Å². The van der Waals surface area contributed by atoms with Gasteiger partial charge in [-0.05, 0) is 92.2 Å². The van der Waals surface area contributed by atoms with Crippen molar-refractivity contribution >= 4 is 0 Å². The predicted molar refractivity (Wildman–Crippen MR) is 110 cm³/mol. The van der Waals surface area contributed by atoms with E-state index in [1.165, 1.54) is 76.3 Å². The fraction of sp³-hybridized carbons (Fsp3) is 0.760. The summed E-state index contributed by atoms with van der Waals surface area (Å²) >= 11 is 0. The molecule has 0 heterocycles. The van der Waals surface area contributed by atoms with Gasteiger partial charge in [0.15, 0.2) is 0 Å². The summed E-state index contributed by atoms with van der Waals surface area (Å²) in [6.45, 7) is 4.78. The molecule has 2 aliphatic rings. The second kappa shape index (κ2) is 10.0. The topological polar surface area (TPSA) is 0 Å². The third-order valence-corrected chi connectivity index (χ3v) is 7.57. The van der Waals surface area contributed by atoms with Gasteiger partial charge in [0.1, 0.15) is 11.6 Å². The summed E-state index contributed by atoms with van der Waals surface area (Å²) < 4.78 is 27.0. The minimum Gasteiger partial charge on any atom is -0.207 e. The van der Waals surface area contributed by atoms with E-state index in [9.17, 15) is 8.78 Å². The molecular formula is C25H38F2. The molecule has 1 unspecified atom stereocenters. The number of rotatable bonds is 7. The third kappa shape index (κ3) is 6.03. The highest BCUT2D eigenvalue weighted by Crippen LogP contribution is 2.42. The average molecular weight is 377 g/mol.